The number of imide groups is 1. The van der Waals surface area contributed by atoms with E-state index in [0.717, 1.165) is 89.9 Å². The van der Waals surface area contributed by atoms with Crippen LogP contribution in [0, 0.1) is 0 Å². The zero-order valence-electron chi connectivity index (χ0n) is 51.8. The Bertz CT molecular complexity index is 4070. The number of rotatable bonds is 21. The molecule has 1 heterocycles. The molecule has 1 aliphatic heterocycles. The quantitative estimate of drug-likeness (QED) is 0.0311. The van der Waals surface area contributed by atoms with Crippen molar-refractivity contribution in [3.63, 3.8) is 0 Å². The van der Waals surface area contributed by atoms with E-state index in [1.54, 1.807) is 0 Å². The maximum Gasteiger partial charge on any atom is 0.266 e. The van der Waals surface area contributed by atoms with Crippen molar-refractivity contribution in [2.24, 2.45) is 0 Å². The van der Waals surface area contributed by atoms with Crippen LogP contribution in [-0.2, 0) is 10.8 Å². The first-order valence-corrected chi connectivity index (χ1v) is 31.4. The fourth-order valence-corrected chi connectivity index (χ4v) is 13.5. The minimum Gasteiger partial charge on any atom is -0.457 e. The van der Waals surface area contributed by atoms with Gasteiger partial charge in [0, 0.05) is 38.6 Å². The number of unbranched alkanes of at least 4 members (excludes halogenated alkanes) is 4. The molecule has 0 radical (unpaired) electrons. The average molecular weight is 1130 g/mol. The fraction of sp³-hybridized carbons (Fsp3) is 0.275. The van der Waals surface area contributed by atoms with Gasteiger partial charge in [0.05, 0.1) is 16.8 Å². The summed E-state index contributed by atoms with van der Waals surface area (Å²) in [6.45, 7) is 22.3. The van der Waals surface area contributed by atoms with Crippen LogP contribution >= 0.6 is 0 Å². The largest absolute Gasteiger partial charge is 0.457 e. The highest BCUT2D eigenvalue weighted by atomic mass is 16.5. The van der Waals surface area contributed by atoms with Gasteiger partial charge in [0.1, 0.15) is 23.0 Å². The number of carbonyl (C=O) groups excluding carboxylic acids is 2. The predicted molar refractivity (Wildman–Crippen MR) is 361 cm³/mol. The molecule has 0 spiro atoms. The summed E-state index contributed by atoms with van der Waals surface area (Å²) in [6.07, 6.45) is 9.25. The Kier molecular flexibility index (Phi) is 15.8. The van der Waals surface area contributed by atoms with Crippen molar-refractivity contribution in [3.05, 3.63) is 228 Å². The molecule has 11 aromatic carbocycles. The van der Waals surface area contributed by atoms with Crippen LogP contribution in [-0.4, -0.2) is 11.8 Å². The van der Waals surface area contributed by atoms with Gasteiger partial charge in [0.25, 0.3) is 11.8 Å². The van der Waals surface area contributed by atoms with Gasteiger partial charge in [-0.1, -0.05) is 229 Å². The molecule has 0 atom stereocenters. The van der Waals surface area contributed by atoms with Gasteiger partial charge in [-0.15, -0.1) is 0 Å². The summed E-state index contributed by atoms with van der Waals surface area (Å²) >= 11 is 0. The Morgan fingerprint density at radius 3 is 1.33 bits per heavy atom. The Hall–Kier alpha value is -8.74. The van der Waals surface area contributed by atoms with Crippen molar-refractivity contribution in [3.8, 4) is 34.1 Å². The van der Waals surface area contributed by atoms with E-state index in [4.69, 9.17) is 9.47 Å². The van der Waals surface area contributed by atoms with Gasteiger partial charge in [0.2, 0.25) is 0 Å². The van der Waals surface area contributed by atoms with Crippen molar-refractivity contribution in [2.75, 3.05) is 9.80 Å². The summed E-state index contributed by atoms with van der Waals surface area (Å²) in [6, 6.07) is 67.8. The van der Waals surface area contributed by atoms with Crippen LogP contribution in [0.1, 0.15) is 175 Å². The third-order valence-corrected chi connectivity index (χ3v) is 18.3. The molecule has 0 fully saturated rings. The second kappa shape index (κ2) is 23.6. The number of nitrogens with zero attached hydrogens (tertiary/aromatic N) is 2. The molecule has 86 heavy (non-hydrogen) atoms. The lowest BCUT2D eigenvalue weighted by molar-refractivity contribution is 0.0892. The van der Waals surface area contributed by atoms with Gasteiger partial charge in [-0.05, 0) is 163 Å². The zero-order chi connectivity index (χ0) is 60.0. The van der Waals surface area contributed by atoms with Crippen LogP contribution in [0.15, 0.2) is 194 Å². The molecule has 6 heteroatoms. The molecule has 0 aromatic heterocycles. The summed E-state index contributed by atoms with van der Waals surface area (Å²) in [4.78, 5) is 35.8. The van der Waals surface area contributed by atoms with Crippen LogP contribution in [0.25, 0.3) is 54.2 Å². The molecule has 0 saturated carbocycles. The Balaban J connectivity index is 1.11. The van der Waals surface area contributed by atoms with Gasteiger partial charge in [-0.3, -0.25) is 9.59 Å². The van der Waals surface area contributed by atoms with E-state index in [-0.39, 0.29) is 34.5 Å². The maximum absolute atomic E-state index is 16.0. The van der Waals surface area contributed by atoms with Crippen molar-refractivity contribution < 1.29 is 19.1 Å². The van der Waals surface area contributed by atoms with E-state index >= 15 is 9.59 Å². The molecular weight excluding hydrogens is 1050 g/mol. The molecule has 0 aliphatic carbocycles. The van der Waals surface area contributed by atoms with Crippen LogP contribution in [0.3, 0.4) is 0 Å². The number of anilines is 4. The maximum atomic E-state index is 16.0. The lowest BCUT2D eigenvalue weighted by Crippen LogP contribution is -2.42. The monoisotopic (exact) mass is 1130 g/mol. The third kappa shape index (κ3) is 10.6. The van der Waals surface area contributed by atoms with E-state index in [1.807, 2.05) is 30.3 Å². The Morgan fingerprint density at radius 1 is 0.419 bits per heavy atom. The molecular formula is C80H80N2O4. The lowest BCUT2D eigenvalue weighted by Gasteiger charge is -2.33. The van der Waals surface area contributed by atoms with Crippen LogP contribution in [0.4, 0.5) is 22.7 Å². The van der Waals surface area contributed by atoms with Gasteiger partial charge in [-0.25, -0.2) is 4.90 Å². The highest BCUT2D eigenvalue weighted by Gasteiger charge is 2.40. The molecule has 11 aromatic rings. The lowest BCUT2D eigenvalue weighted by atomic mass is 9.80. The number of carbonyl (C=O) groups is 2. The normalized spacial score (nSPS) is 12.9. The smallest absolute Gasteiger partial charge is 0.266 e. The first-order chi connectivity index (χ1) is 41.6. The van der Waals surface area contributed by atoms with E-state index in [2.05, 4.69) is 238 Å². The van der Waals surface area contributed by atoms with E-state index in [0.29, 0.717) is 45.2 Å². The minimum absolute atomic E-state index is 0.0240. The van der Waals surface area contributed by atoms with Crippen molar-refractivity contribution in [1.82, 2.24) is 0 Å². The fourth-order valence-electron chi connectivity index (χ4n) is 13.5. The molecule has 0 N–H and O–H groups in total. The van der Waals surface area contributed by atoms with E-state index in [1.165, 1.54) is 54.6 Å². The SMILES string of the molecule is CCCCCC(C)(C)c1ccc(Oc2cc3c4c(cc(Oc5ccc(C(C)(C)CCCCC)cc5)c5c6ccc(-c7ccc(N(c8ccccc8)c8ccccc8)cc7)c7cccc(c2c45)c76)C(=O)N(c2c(C(C)C)cccc2C(C)C)C3=O)cc1. The minimum atomic E-state index is -0.379. The molecule has 434 valence electrons. The Labute approximate surface area is 508 Å². The predicted octanol–water partition coefficient (Wildman–Crippen LogP) is 23.2. The van der Waals surface area contributed by atoms with Gasteiger partial charge in [-0.2, -0.15) is 0 Å². The number of amides is 2. The highest BCUT2D eigenvalue weighted by Crippen LogP contribution is 2.54. The summed E-state index contributed by atoms with van der Waals surface area (Å²) in [7, 11) is 0. The number of fused-ring (bicyclic) bond motifs is 2. The standard InChI is InChI=1S/C80H80N2O4/c1-11-13-21-47-79(7,8)54-35-41-59(42-36-54)85-69-49-67-72-68(78(84)82(77(67)83)76-61(51(3)4)29-23-30-62(76)52(5)6)50-70(86-60-43-37-55(38-44-60)80(9,10)48-22-14-12-2)74-66-46-45-63(64-31-24-32-65(71(64)66)73(69)75(72)74)53-33-39-58(40-34-53)81(56-25-17-15-18-26-56)57-27-19-16-20-28-57/h15-20,23-46,49-52H,11-14,21-22,47-48H2,1-10H3. The number of benzene rings is 11. The summed E-state index contributed by atoms with van der Waals surface area (Å²) in [5.74, 6) is 1.66. The topological polar surface area (TPSA) is 59.1 Å². The number of hydrogen-bond acceptors (Lipinski definition) is 5. The molecule has 12 rings (SSSR count). The third-order valence-electron chi connectivity index (χ3n) is 18.3. The zero-order valence-corrected chi connectivity index (χ0v) is 51.8. The second-order valence-corrected chi connectivity index (χ2v) is 25.8. The van der Waals surface area contributed by atoms with E-state index < -0.39 is 0 Å². The van der Waals surface area contributed by atoms with Crippen molar-refractivity contribution in [1.29, 1.82) is 0 Å². The second-order valence-electron chi connectivity index (χ2n) is 25.8. The average Bonchev–Trinajstić information content (AvgIpc) is 0.694. The van der Waals surface area contributed by atoms with Crippen LogP contribution in [0.2, 0.25) is 0 Å². The summed E-state index contributed by atoms with van der Waals surface area (Å²) in [5.41, 5.74) is 11.1. The van der Waals surface area contributed by atoms with Crippen LogP contribution < -0.4 is 19.3 Å². The summed E-state index contributed by atoms with van der Waals surface area (Å²) < 4.78 is 14.6. The van der Waals surface area contributed by atoms with Gasteiger partial charge < -0.3 is 14.4 Å². The highest BCUT2D eigenvalue weighted by molar-refractivity contribution is 6.44. The molecule has 2 amide bonds. The van der Waals surface area contributed by atoms with Gasteiger partial charge >= 0.3 is 0 Å². The molecule has 0 bridgehead atoms. The molecule has 1 aliphatic rings. The van der Waals surface area contributed by atoms with Crippen molar-refractivity contribution >= 4 is 77.7 Å². The number of para-hydroxylation sites is 3. The molecule has 0 unspecified atom stereocenters. The van der Waals surface area contributed by atoms with Gasteiger partial charge in [0.15, 0.2) is 0 Å². The summed E-state index contributed by atoms with van der Waals surface area (Å²) in [5, 5.41) is 6.97. The molecule has 0 saturated heterocycles. The van der Waals surface area contributed by atoms with Crippen LogP contribution in [0.5, 0.6) is 23.0 Å². The van der Waals surface area contributed by atoms with E-state index in [9.17, 15) is 0 Å². The number of ether oxygens (including phenoxy) is 2. The first kappa shape index (κ1) is 57.7. The molecule has 6 nitrogen and oxygen atoms in total. The number of hydrogen-bond donors (Lipinski definition) is 0. The van der Waals surface area contributed by atoms with Crippen molar-refractivity contribution in [2.45, 2.75) is 143 Å². The first-order valence-electron chi connectivity index (χ1n) is 31.4. The Morgan fingerprint density at radius 2 is 0.860 bits per heavy atom.